The van der Waals surface area contributed by atoms with E-state index in [1.54, 1.807) is 11.0 Å². The lowest BCUT2D eigenvalue weighted by Gasteiger charge is -2.31. The summed E-state index contributed by atoms with van der Waals surface area (Å²) in [7, 11) is 2.88. The smallest absolute Gasteiger partial charge is 0.296 e. The van der Waals surface area contributed by atoms with Crippen molar-refractivity contribution in [2.45, 2.75) is 6.10 Å². The fourth-order valence-corrected chi connectivity index (χ4v) is 2.20. The second-order valence-corrected chi connectivity index (χ2v) is 4.39. The molecule has 1 aliphatic heterocycles. The van der Waals surface area contributed by atoms with Crippen molar-refractivity contribution < 1.29 is 19.1 Å². The summed E-state index contributed by atoms with van der Waals surface area (Å²) < 4.78 is 15.5. The topological polar surface area (TPSA) is 97.9 Å². The molecule has 1 aromatic rings. The van der Waals surface area contributed by atoms with E-state index < -0.39 is 11.0 Å². The number of anilines is 1. The summed E-state index contributed by atoms with van der Waals surface area (Å²) in [6.45, 7) is 1.07. The Bertz CT molecular complexity index is 584. The second kappa shape index (κ2) is 6.28. The molecule has 1 heterocycles. The monoisotopic (exact) mass is 293 g/mol. The average Bonchev–Trinajstić information content (AvgIpc) is 2.53. The van der Waals surface area contributed by atoms with E-state index in [0.29, 0.717) is 24.6 Å². The van der Waals surface area contributed by atoms with Gasteiger partial charge < -0.3 is 19.1 Å². The van der Waals surface area contributed by atoms with Crippen LogP contribution in [0.5, 0.6) is 11.5 Å². The summed E-state index contributed by atoms with van der Waals surface area (Å²) in [6, 6.07) is 4.89. The number of hydrogen-bond acceptors (Lipinski definition) is 7. The Morgan fingerprint density at radius 3 is 2.67 bits per heavy atom. The molecule has 2 rings (SSSR count). The lowest BCUT2D eigenvalue weighted by molar-refractivity contribution is -0.384. The van der Waals surface area contributed by atoms with Crippen molar-refractivity contribution in [1.82, 2.24) is 0 Å². The minimum absolute atomic E-state index is 0.0914. The molecular weight excluding hydrogens is 278 g/mol. The maximum Gasteiger partial charge on any atom is 0.296 e. The van der Waals surface area contributed by atoms with Crippen molar-refractivity contribution in [3.8, 4) is 17.6 Å². The molecule has 1 fully saturated rings. The summed E-state index contributed by atoms with van der Waals surface area (Å²) in [5.41, 5.74) is 0.299. The van der Waals surface area contributed by atoms with Crippen molar-refractivity contribution >= 4 is 11.4 Å². The third-order valence-corrected chi connectivity index (χ3v) is 3.23. The number of nitro groups is 1. The maximum atomic E-state index is 11.3. The van der Waals surface area contributed by atoms with Gasteiger partial charge in [-0.3, -0.25) is 10.1 Å². The summed E-state index contributed by atoms with van der Waals surface area (Å²) in [5, 5.41) is 20.2. The highest BCUT2D eigenvalue weighted by molar-refractivity contribution is 5.70. The molecule has 0 amide bonds. The predicted octanol–water partition coefficient (Wildman–Crippen LogP) is 1.34. The van der Waals surface area contributed by atoms with Crippen LogP contribution in [0.1, 0.15) is 0 Å². The molecule has 0 N–H and O–H groups in total. The van der Waals surface area contributed by atoms with E-state index in [0.717, 1.165) is 0 Å². The summed E-state index contributed by atoms with van der Waals surface area (Å²) in [6.07, 6.45) is -0.605. The van der Waals surface area contributed by atoms with E-state index in [-0.39, 0.29) is 18.0 Å². The number of methoxy groups -OCH3 is 2. The van der Waals surface area contributed by atoms with E-state index in [2.05, 4.69) is 0 Å². The van der Waals surface area contributed by atoms with Crippen LogP contribution in [-0.2, 0) is 4.74 Å². The molecule has 1 aromatic carbocycles. The molecule has 1 saturated heterocycles. The summed E-state index contributed by atoms with van der Waals surface area (Å²) >= 11 is 0. The van der Waals surface area contributed by atoms with Gasteiger partial charge in [0.15, 0.2) is 17.6 Å². The van der Waals surface area contributed by atoms with E-state index in [1.165, 1.54) is 20.3 Å². The highest BCUT2D eigenvalue weighted by Gasteiger charge is 2.28. The van der Waals surface area contributed by atoms with E-state index >= 15 is 0 Å². The SMILES string of the molecule is COc1cc(N2CCOC(C#N)C2)c([N+](=O)[O-])cc1OC. The first-order chi connectivity index (χ1) is 10.1. The summed E-state index contributed by atoms with van der Waals surface area (Å²) in [5.74, 6) is 0.691. The van der Waals surface area contributed by atoms with Crippen molar-refractivity contribution in [1.29, 1.82) is 5.26 Å². The van der Waals surface area contributed by atoms with Crippen LogP contribution < -0.4 is 14.4 Å². The minimum Gasteiger partial charge on any atom is -0.493 e. The van der Waals surface area contributed by atoms with E-state index in [4.69, 9.17) is 19.5 Å². The van der Waals surface area contributed by atoms with Crippen molar-refractivity contribution in [2.24, 2.45) is 0 Å². The fourth-order valence-electron chi connectivity index (χ4n) is 2.20. The number of nitrogens with zero attached hydrogens (tertiary/aromatic N) is 3. The number of rotatable bonds is 4. The van der Waals surface area contributed by atoms with Crippen molar-refractivity contribution in [3.63, 3.8) is 0 Å². The van der Waals surface area contributed by atoms with Crippen LogP contribution in [0.3, 0.4) is 0 Å². The normalized spacial score (nSPS) is 18.0. The lowest BCUT2D eigenvalue weighted by atomic mass is 10.2. The zero-order valence-corrected chi connectivity index (χ0v) is 11.7. The number of morpholine rings is 1. The molecule has 0 aromatic heterocycles. The molecule has 112 valence electrons. The van der Waals surface area contributed by atoms with Gasteiger partial charge in [-0.1, -0.05) is 0 Å². The molecule has 0 saturated carbocycles. The van der Waals surface area contributed by atoms with Gasteiger partial charge in [0, 0.05) is 12.6 Å². The molecule has 1 unspecified atom stereocenters. The standard InChI is InChI=1S/C13H15N3O5/c1-19-12-5-10(11(16(17)18)6-13(12)20-2)15-3-4-21-9(7-14)8-15/h5-6,9H,3-4,8H2,1-2H3. The Morgan fingerprint density at radius 2 is 2.10 bits per heavy atom. The van der Waals surface area contributed by atoms with Crippen LogP contribution in [-0.4, -0.2) is 44.9 Å². The Balaban J connectivity index is 2.45. The zero-order chi connectivity index (χ0) is 15.4. The number of nitriles is 1. The Hall–Kier alpha value is -2.53. The van der Waals surface area contributed by atoms with Crippen LogP contribution in [0.25, 0.3) is 0 Å². The molecule has 1 atom stereocenters. The Labute approximate surface area is 121 Å². The Morgan fingerprint density at radius 1 is 1.43 bits per heavy atom. The van der Waals surface area contributed by atoms with Crippen molar-refractivity contribution in [2.75, 3.05) is 38.8 Å². The van der Waals surface area contributed by atoms with E-state index in [1.807, 2.05) is 6.07 Å². The largest absolute Gasteiger partial charge is 0.493 e. The number of nitro benzene ring substituents is 1. The third kappa shape index (κ3) is 2.98. The van der Waals surface area contributed by atoms with Gasteiger partial charge in [0.2, 0.25) is 0 Å². The van der Waals surface area contributed by atoms with Gasteiger partial charge >= 0.3 is 0 Å². The fraction of sp³-hybridized carbons (Fsp3) is 0.462. The highest BCUT2D eigenvalue weighted by atomic mass is 16.6. The van der Waals surface area contributed by atoms with Gasteiger partial charge in [-0.05, 0) is 0 Å². The number of ether oxygens (including phenoxy) is 3. The minimum atomic E-state index is -0.605. The van der Waals surface area contributed by atoms with Crippen LogP contribution in [0.2, 0.25) is 0 Å². The van der Waals surface area contributed by atoms with Crippen LogP contribution in [0, 0.1) is 21.4 Å². The third-order valence-electron chi connectivity index (χ3n) is 3.23. The second-order valence-electron chi connectivity index (χ2n) is 4.39. The maximum absolute atomic E-state index is 11.3. The van der Waals surface area contributed by atoms with Gasteiger partial charge in [0.1, 0.15) is 5.69 Å². The van der Waals surface area contributed by atoms with Crippen molar-refractivity contribution in [3.05, 3.63) is 22.2 Å². The van der Waals surface area contributed by atoms with Crippen LogP contribution in [0.15, 0.2) is 12.1 Å². The van der Waals surface area contributed by atoms with Gasteiger partial charge in [-0.15, -0.1) is 0 Å². The molecule has 21 heavy (non-hydrogen) atoms. The van der Waals surface area contributed by atoms with Gasteiger partial charge in [-0.2, -0.15) is 5.26 Å². The molecule has 0 spiro atoms. The number of hydrogen-bond donors (Lipinski definition) is 0. The van der Waals surface area contributed by atoms with Gasteiger partial charge in [0.05, 0.1) is 44.4 Å². The number of benzene rings is 1. The van der Waals surface area contributed by atoms with Crippen LogP contribution in [0.4, 0.5) is 11.4 Å². The molecule has 8 nitrogen and oxygen atoms in total. The lowest BCUT2D eigenvalue weighted by Crippen LogP contribution is -2.42. The zero-order valence-electron chi connectivity index (χ0n) is 11.7. The molecule has 0 aliphatic carbocycles. The molecule has 8 heteroatoms. The van der Waals surface area contributed by atoms with Crippen LogP contribution >= 0.6 is 0 Å². The highest BCUT2D eigenvalue weighted by Crippen LogP contribution is 2.39. The first kappa shape index (κ1) is 14.9. The Kier molecular flexibility index (Phi) is 4.45. The molecule has 0 radical (unpaired) electrons. The van der Waals surface area contributed by atoms with E-state index in [9.17, 15) is 10.1 Å². The predicted molar refractivity (Wildman–Crippen MR) is 73.8 cm³/mol. The average molecular weight is 293 g/mol. The molecular formula is C13H15N3O5. The quantitative estimate of drug-likeness (QED) is 0.610. The molecule has 1 aliphatic rings. The van der Waals surface area contributed by atoms with Gasteiger partial charge in [0.25, 0.3) is 5.69 Å². The summed E-state index contributed by atoms with van der Waals surface area (Å²) in [4.78, 5) is 12.5. The molecule has 0 bridgehead atoms. The first-order valence-corrected chi connectivity index (χ1v) is 6.27. The first-order valence-electron chi connectivity index (χ1n) is 6.27. The van der Waals surface area contributed by atoms with Gasteiger partial charge in [-0.25, -0.2) is 0 Å².